The van der Waals surface area contributed by atoms with Gasteiger partial charge in [0, 0.05) is 21.6 Å². The second-order valence-electron chi connectivity index (χ2n) is 4.38. The molecule has 3 aromatic rings. The van der Waals surface area contributed by atoms with Gasteiger partial charge in [-0.25, -0.2) is 4.98 Å². The van der Waals surface area contributed by atoms with E-state index in [0.717, 1.165) is 32.9 Å². The van der Waals surface area contributed by atoms with Crippen molar-refractivity contribution in [3.63, 3.8) is 0 Å². The lowest BCUT2D eigenvalue weighted by Crippen LogP contribution is -1.90. The smallest absolute Gasteiger partial charge is 0.142 e. The average Bonchev–Trinajstić information content (AvgIpc) is 2.97. The molecule has 2 nitrogen and oxygen atoms in total. The first-order valence-electron chi connectivity index (χ1n) is 6.44. The predicted octanol–water partition coefficient (Wildman–Crippen LogP) is 5.20. The molecule has 0 aliphatic heterocycles. The highest BCUT2D eigenvalue weighted by Gasteiger charge is 2.12. The molecule has 0 amide bonds. The minimum atomic E-state index is 0.965. The molecule has 2 heterocycles. The summed E-state index contributed by atoms with van der Waals surface area (Å²) in [6.07, 6.45) is 2.79. The standard InChI is InChI=1S/C16H13BrN2S/c1-2-11-6-5-9-18-15(11)16-19-14(10-20-16)12-7-3-4-8-13(12)17/h3-10H,2H2,1H3. The van der Waals surface area contributed by atoms with Gasteiger partial charge >= 0.3 is 0 Å². The molecule has 0 atom stereocenters. The summed E-state index contributed by atoms with van der Waals surface area (Å²) >= 11 is 5.22. The van der Waals surface area contributed by atoms with Crippen molar-refractivity contribution < 1.29 is 0 Å². The van der Waals surface area contributed by atoms with Gasteiger partial charge in [0.25, 0.3) is 0 Å². The molecule has 3 rings (SSSR count). The zero-order valence-corrected chi connectivity index (χ0v) is 13.4. The fraction of sp³-hybridized carbons (Fsp3) is 0.125. The maximum absolute atomic E-state index is 4.75. The molecule has 0 aliphatic carbocycles. The molecule has 20 heavy (non-hydrogen) atoms. The fourth-order valence-corrected chi connectivity index (χ4v) is 3.43. The van der Waals surface area contributed by atoms with E-state index in [2.05, 4.69) is 45.4 Å². The molecule has 0 bridgehead atoms. The normalized spacial score (nSPS) is 10.7. The lowest BCUT2D eigenvalue weighted by Gasteiger charge is -2.03. The summed E-state index contributed by atoms with van der Waals surface area (Å²) in [7, 11) is 0. The molecule has 0 spiro atoms. The first-order valence-corrected chi connectivity index (χ1v) is 8.11. The van der Waals surface area contributed by atoms with E-state index in [0.29, 0.717) is 0 Å². The van der Waals surface area contributed by atoms with Crippen LogP contribution in [0.5, 0.6) is 0 Å². The Labute approximate surface area is 130 Å². The molecular formula is C16H13BrN2S. The monoisotopic (exact) mass is 344 g/mol. The summed E-state index contributed by atoms with van der Waals surface area (Å²) in [6.45, 7) is 2.14. The molecule has 0 fully saturated rings. The number of halogens is 1. The van der Waals surface area contributed by atoms with Crippen LogP contribution in [0.2, 0.25) is 0 Å². The molecule has 0 aliphatic rings. The SMILES string of the molecule is CCc1cccnc1-c1nc(-c2ccccc2Br)cs1. The zero-order chi connectivity index (χ0) is 13.9. The summed E-state index contributed by atoms with van der Waals surface area (Å²) in [5, 5.41) is 3.07. The molecule has 100 valence electrons. The van der Waals surface area contributed by atoms with E-state index in [1.165, 1.54) is 5.56 Å². The lowest BCUT2D eigenvalue weighted by atomic mass is 10.1. The van der Waals surface area contributed by atoms with Crippen molar-refractivity contribution in [3.8, 4) is 22.0 Å². The molecule has 0 radical (unpaired) electrons. The van der Waals surface area contributed by atoms with Crippen molar-refractivity contribution in [1.29, 1.82) is 0 Å². The highest BCUT2D eigenvalue weighted by Crippen LogP contribution is 2.33. The molecule has 0 saturated carbocycles. The fourth-order valence-electron chi connectivity index (χ4n) is 2.09. The number of hydrogen-bond acceptors (Lipinski definition) is 3. The van der Waals surface area contributed by atoms with Crippen LogP contribution in [-0.2, 0) is 6.42 Å². The van der Waals surface area contributed by atoms with Gasteiger partial charge in [-0.3, -0.25) is 4.98 Å². The molecule has 0 unspecified atom stereocenters. The molecule has 0 saturated heterocycles. The number of thiazole rings is 1. The van der Waals surface area contributed by atoms with Gasteiger partial charge in [-0.1, -0.05) is 47.1 Å². The Morgan fingerprint density at radius 1 is 1.15 bits per heavy atom. The van der Waals surface area contributed by atoms with Gasteiger partial charge in [0.05, 0.1) is 5.69 Å². The predicted molar refractivity (Wildman–Crippen MR) is 87.9 cm³/mol. The van der Waals surface area contributed by atoms with E-state index in [9.17, 15) is 0 Å². The molecule has 1 aromatic carbocycles. The summed E-state index contributed by atoms with van der Waals surface area (Å²) in [6, 6.07) is 12.2. The first-order chi connectivity index (χ1) is 9.79. The van der Waals surface area contributed by atoms with E-state index in [1.807, 2.05) is 30.5 Å². The van der Waals surface area contributed by atoms with Gasteiger partial charge in [0.15, 0.2) is 0 Å². The van der Waals surface area contributed by atoms with Crippen LogP contribution in [0.15, 0.2) is 52.4 Å². The van der Waals surface area contributed by atoms with Crippen molar-refractivity contribution >= 4 is 27.3 Å². The van der Waals surface area contributed by atoms with Crippen molar-refractivity contribution in [2.75, 3.05) is 0 Å². The highest BCUT2D eigenvalue weighted by atomic mass is 79.9. The third-order valence-electron chi connectivity index (χ3n) is 3.13. The third kappa shape index (κ3) is 2.53. The van der Waals surface area contributed by atoms with Gasteiger partial charge in [-0.2, -0.15) is 0 Å². The molecule has 2 aromatic heterocycles. The quantitative estimate of drug-likeness (QED) is 0.652. The maximum atomic E-state index is 4.75. The Balaban J connectivity index is 2.05. The van der Waals surface area contributed by atoms with Crippen LogP contribution in [0.25, 0.3) is 22.0 Å². The average molecular weight is 345 g/mol. The maximum Gasteiger partial charge on any atom is 0.142 e. The lowest BCUT2D eigenvalue weighted by molar-refractivity contribution is 1.10. The minimum absolute atomic E-state index is 0.965. The van der Waals surface area contributed by atoms with E-state index < -0.39 is 0 Å². The summed E-state index contributed by atoms with van der Waals surface area (Å²) in [5.74, 6) is 0. The van der Waals surface area contributed by atoms with Gasteiger partial charge < -0.3 is 0 Å². The molecule has 4 heteroatoms. The van der Waals surface area contributed by atoms with Crippen molar-refractivity contribution in [3.05, 3.63) is 58.0 Å². The number of pyridine rings is 1. The first kappa shape index (κ1) is 13.5. The summed E-state index contributed by atoms with van der Waals surface area (Å²) in [4.78, 5) is 9.23. The largest absolute Gasteiger partial charge is 0.253 e. The number of aromatic nitrogens is 2. The number of hydrogen-bond donors (Lipinski definition) is 0. The Kier molecular flexibility index (Phi) is 3.94. The molecular weight excluding hydrogens is 332 g/mol. The number of aryl methyl sites for hydroxylation is 1. The number of benzene rings is 1. The highest BCUT2D eigenvalue weighted by molar-refractivity contribution is 9.10. The van der Waals surface area contributed by atoms with Crippen molar-refractivity contribution in [2.24, 2.45) is 0 Å². The van der Waals surface area contributed by atoms with Crippen LogP contribution in [0.1, 0.15) is 12.5 Å². The number of rotatable bonds is 3. The van der Waals surface area contributed by atoms with Gasteiger partial charge in [-0.05, 0) is 24.1 Å². The Hall–Kier alpha value is -1.52. The van der Waals surface area contributed by atoms with Crippen LogP contribution in [0.4, 0.5) is 0 Å². The van der Waals surface area contributed by atoms with Crippen LogP contribution in [-0.4, -0.2) is 9.97 Å². The summed E-state index contributed by atoms with van der Waals surface area (Å²) < 4.78 is 1.06. The third-order valence-corrected chi connectivity index (χ3v) is 4.67. The van der Waals surface area contributed by atoms with E-state index in [1.54, 1.807) is 11.3 Å². The van der Waals surface area contributed by atoms with Crippen LogP contribution < -0.4 is 0 Å². The van der Waals surface area contributed by atoms with Crippen LogP contribution in [0, 0.1) is 0 Å². The molecule has 0 N–H and O–H groups in total. The second kappa shape index (κ2) is 5.85. The van der Waals surface area contributed by atoms with Gasteiger partial charge in [0.2, 0.25) is 0 Å². The Bertz CT molecular complexity index is 737. The van der Waals surface area contributed by atoms with Crippen molar-refractivity contribution in [2.45, 2.75) is 13.3 Å². The number of nitrogens with zero attached hydrogens (tertiary/aromatic N) is 2. The second-order valence-corrected chi connectivity index (χ2v) is 6.09. The zero-order valence-electron chi connectivity index (χ0n) is 11.0. The topological polar surface area (TPSA) is 25.8 Å². The van der Waals surface area contributed by atoms with E-state index in [-0.39, 0.29) is 0 Å². The van der Waals surface area contributed by atoms with Crippen molar-refractivity contribution in [1.82, 2.24) is 9.97 Å². The minimum Gasteiger partial charge on any atom is -0.253 e. The Morgan fingerprint density at radius 2 is 2.00 bits per heavy atom. The summed E-state index contributed by atoms with van der Waals surface area (Å²) in [5.41, 5.74) is 4.34. The van der Waals surface area contributed by atoms with Gasteiger partial charge in [0.1, 0.15) is 10.7 Å². The van der Waals surface area contributed by atoms with Crippen LogP contribution >= 0.6 is 27.3 Å². The Morgan fingerprint density at radius 3 is 2.80 bits per heavy atom. The van der Waals surface area contributed by atoms with E-state index in [4.69, 9.17) is 4.98 Å². The van der Waals surface area contributed by atoms with E-state index >= 15 is 0 Å². The van der Waals surface area contributed by atoms with Gasteiger partial charge in [-0.15, -0.1) is 11.3 Å². The van der Waals surface area contributed by atoms with Crippen LogP contribution in [0.3, 0.4) is 0 Å².